The lowest BCUT2D eigenvalue weighted by Gasteiger charge is -2.11. The van der Waals surface area contributed by atoms with Crippen molar-refractivity contribution in [1.82, 2.24) is 0 Å². The van der Waals surface area contributed by atoms with E-state index in [1.54, 1.807) is 6.07 Å². The van der Waals surface area contributed by atoms with Gasteiger partial charge in [-0.2, -0.15) is 0 Å². The molecule has 0 aliphatic carbocycles. The third-order valence-electron chi connectivity index (χ3n) is 2.47. The van der Waals surface area contributed by atoms with Crippen LogP contribution in [0, 0.1) is 0 Å². The van der Waals surface area contributed by atoms with Gasteiger partial charge in [0.2, 0.25) is 0 Å². The summed E-state index contributed by atoms with van der Waals surface area (Å²) in [6, 6.07) is 7.34. The van der Waals surface area contributed by atoms with E-state index in [1.165, 1.54) is 0 Å². The van der Waals surface area contributed by atoms with Crippen molar-refractivity contribution in [3.8, 4) is 11.5 Å². The van der Waals surface area contributed by atoms with Crippen LogP contribution < -0.4 is 9.47 Å². The molecule has 0 fully saturated rings. The minimum absolute atomic E-state index is 0.144. The molecule has 0 saturated carbocycles. The number of esters is 1. The van der Waals surface area contributed by atoms with E-state index >= 15 is 0 Å². The molecule has 1 heterocycles. The summed E-state index contributed by atoms with van der Waals surface area (Å²) in [6.07, 6.45) is 0. The fourth-order valence-corrected chi connectivity index (χ4v) is 1.54. The molecule has 102 valence electrons. The summed E-state index contributed by atoms with van der Waals surface area (Å²) < 4.78 is 21.3. The van der Waals surface area contributed by atoms with Gasteiger partial charge in [-0.3, -0.25) is 0 Å². The summed E-state index contributed by atoms with van der Waals surface area (Å²) in [5.74, 6) is 0.809. The predicted molar refractivity (Wildman–Crippen MR) is 68.4 cm³/mol. The van der Waals surface area contributed by atoms with Gasteiger partial charge in [0.25, 0.3) is 0 Å². The SMILES string of the molecule is C=C1COCCOc2ccccc2OCCOC1=O. The highest BCUT2D eigenvalue weighted by Crippen LogP contribution is 2.26. The van der Waals surface area contributed by atoms with E-state index in [1.807, 2.05) is 18.2 Å². The van der Waals surface area contributed by atoms with Crippen LogP contribution in [0.15, 0.2) is 36.4 Å². The molecule has 0 aromatic heterocycles. The van der Waals surface area contributed by atoms with Crippen molar-refractivity contribution in [2.45, 2.75) is 0 Å². The Morgan fingerprint density at radius 2 is 1.47 bits per heavy atom. The van der Waals surface area contributed by atoms with Gasteiger partial charge >= 0.3 is 5.97 Å². The molecule has 1 aromatic rings. The first-order valence-electron chi connectivity index (χ1n) is 6.04. The monoisotopic (exact) mass is 264 g/mol. The Bertz CT molecular complexity index is 455. The third kappa shape index (κ3) is 3.99. The normalized spacial score (nSPS) is 17.7. The lowest BCUT2D eigenvalue weighted by atomic mass is 10.3. The van der Waals surface area contributed by atoms with Crippen LogP contribution in [0.5, 0.6) is 11.5 Å². The molecule has 1 aromatic carbocycles. The van der Waals surface area contributed by atoms with Crippen molar-refractivity contribution in [3.63, 3.8) is 0 Å². The summed E-state index contributed by atoms with van der Waals surface area (Å²) in [7, 11) is 0. The van der Waals surface area contributed by atoms with Gasteiger partial charge in [-0.1, -0.05) is 18.7 Å². The van der Waals surface area contributed by atoms with E-state index in [-0.39, 0.29) is 25.4 Å². The van der Waals surface area contributed by atoms with Crippen LogP contribution in [0.1, 0.15) is 0 Å². The van der Waals surface area contributed by atoms with E-state index in [2.05, 4.69) is 6.58 Å². The number of hydrogen-bond acceptors (Lipinski definition) is 5. The van der Waals surface area contributed by atoms with Crippen molar-refractivity contribution in [2.75, 3.05) is 33.0 Å². The molecule has 0 N–H and O–H groups in total. The molecular weight excluding hydrogens is 248 g/mol. The number of benzene rings is 1. The number of fused-ring (bicyclic) bond motifs is 1. The van der Waals surface area contributed by atoms with Gasteiger partial charge in [0.15, 0.2) is 11.5 Å². The number of rotatable bonds is 0. The number of carbonyl (C=O) groups excluding carboxylic acids is 1. The first-order valence-corrected chi connectivity index (χ1v) is 6.04. The molecule has 1 aliphatic rings. The van der Waals surface area contributed by atoms with Crippen LogP contribution in [-0.2, 0) is 14.3 Å². The van der Waals surface area contributed by atoms with Crippen molar-refractivity contribution >= 4 is 5.97 Å². The third-order valence-corrected chi connectivity index (χ3v) is 2.47. The maximum Gasteiger partial charge on any atom is 0.335 e. The highest BCUT2D eigenvalue weighted by molar-refractivity contribution is 5.87. The zero-order valence-corrected chi connectivity index (χ0v) is 10.6. The molecule has 0 radical (unpaired) electrons. The van der Waals surface area contributed by atoms with Gasteiger partial charge in [-0.15, -0.1) is 0 Å². The van der Waals surface area contributed by atoms with Gasteiger partial charge < -0.3 is 18.9 Å². The highest BCUT2D eigenvalue weighted by atomic mass is 16.6. The average molecular weight is 264 g/mol. The Hall–Kier alpha value is -2.01. The molecule has 0 atom stereocenters. The number of cyclic esters (lactones) is 1. The molecule has 19 heavy (non-hydrogen) atoms. The van der Waals surface area contributed by atoms with E-state index in [9.17, 15) is 4.79 Å². The standard InChI is InChI=1S/C14H16O5/c1-11-10-16-6-7-17-12-4-2-3-5-13(12)18-8-9-19-14(11)15/h2-5H,1,6-10H2. The number of ether oxygens (including phenoxy) is 4. The second-order valence-electron chi connectivity index (χ2n) is 3.94. The Morgan fingerprint density at radius 3 is 2.16 bits per heavy atom. The molecule has 5 nitrogen and oxygen atoms in total. The van der Waals surface area contributed by atoms with E-state index in [0.717, 1.165) is 0 Å². The second kappa shape index (κ2) is 6.80. The zero-order valence-electron chi connectivity index (χ0n) is 10.6. The molecule has 0 spiro atoms. The van der Waals surface area contributed by atoms with Gasteiger partial charge in [0, 0.05) is 0 Å². The molecule has 1 aliphatic heterocycles. The Balaban J connectivity index is 2.02. The number of para-hydroxylation sites is 2. The molecule has 0 bridgehead atoms. The average Bonchev–Trinajstić information content (AvgIpc) is 2.44. The number of hydrogen-bond donors (Lipinski definition) is 0. The maximum atomic E-state index is 11.5. The van der Waals surface area contributed by atoms with Crippen molar-refractivity contribution in [3.05, 3.63) is 36.4 Å². The maximum absolute atomic E-state index is 11.5. The van der Waals surface area contributed by atoms with Crippen LogP contribution >= 0.6 is 0 Å². The minimum atomic E-state index is -0.461. The highest BCUT2D eigenvalue weighted by Gasteiger charge is 2.11. The van der Waals surface area contributed by atoms with Crippen molar-refractivity contribution in [2.24, 2.45) is 0 Å². The molecule has 0 unspecified atom stereocenters. The first kappa shape index (κ1) is 13.4. The van der Waals surface area contributed by atoms with Crippen LogP contribution in [0.3, 0.4) is 0 Å². The first-order chi connectivity index (χ1) is 9.27. The lowest BCUT2D eigenvalue weighted by Crippen LogP contribution is -2.16. The second-order valence-corrected chi connectivity index (χ2v) is 3.94. The van der Waals surface area contributed by atoms with Gasteiger partial charge in [0.05, 0.1) is 18.8 Å². The van der Waals surface area contributed by atoms with Crippen LogP contribution in [0.2, 0.25) is 0 Å². The fourth-order valence-electron chi connectivity index (χ4n) is 1.54. The van der Waals surface area contributed by atoms with Gasteiger partial charge in [-0.05, 0) is 12.1 Å². The quantitative estimate of drug-likeness (QED) is 0.526. The van der Waals surface area contributed by atoms with E-state index in [4.69, 9.17) is 18.9 Å². The van der Waals surface area contributed by atoms with Gasteiger partial charge in [-0.25, -0.2) is 4.79 Å². The minimum Gasteiger partial charge on any atom is -0.487 e. The van der Waals surface area contributed by atoms with Crippen molar-refractivity contribution < 1.29 is 23.7 Å². The Labute approximate surface area is 111 Å². The molecule has 2 rings (SSSR count). The smallest absolute Gasteiger partial charge is 0.335 e. The summed E-state index contributed by atoms with van der Waals surface area (Å²) in [5, 5.41) is 0. The van der Waals surface area contributed by atoms with Crippen LogP contribution in [0.4, 0.5) is 0 Å². The molecular formula is C14H16O5. The Morgan fingerprint density at radius 1 is 0.895 bits per heavy atom. The summed E-state index contributed by atoms with van der Waals surface area (Å²) in [5.41, 5.74) is 0.289. The fraction of sp³-hybridized carbons (Fsp3) is 0.357. The molecule has 0 saturated heterocycles. The Kier molecular flexibility index (Phi) is 4.80. The summed E-state index contributed by atoms with van der Waals surface area (Å²) in [6.45, 7) is 4.91. The molecule has 5 heteroatoms. The van der Waals surface area contributed by atoms with Crippen LogP contribution in [0.25, 0.3) is 0 Å². The predicted octanol–water partition coefficient (Wildman–Crippen LogP) is 1.57. The summed E-state index contributed by atoms with van der Waals surface area (Å²) in [4.78, 5) is 11.5. The zero-order chi connectivity index (χ0) is 13.5. The lowest BCUT2D eigenvalue weighted by molar-refractivity contribution is -0.140. The van der Waals surface area contributed by atoms with Crippen LogP contribution in [-0.4, -0.2) is 39.0 Å². The largest absolute Gasteiger partial charge is 0.487 e. The number of carbonyl (C=O) groups is 1. The topological polar surface area (TPSA) is 54.0 Å². The van der Waals surface area contributed by atoms with E-state index in [0.29, 0.717) is 24.7 Å². The van der Waals surface area contributed by atoms with Gasteiger partial charge in [0.1, 0.15) is 19.8 Å². The molecule has 0 amide bonds. The van der Waals surface area contributed by atoms with Crippen molar-refractivity contribution in [1.29, 1.82) is 0 Å². The van der Waals surface area contributed by atoms with E-state index < -0.39 is 5.97 Å². The summed E-state index contributed by atoms with van der Waals surface area (Å²) >= 11 is 0.